The van der Waals surface area contributed by atoms with Gasteiger partial charge in [-0.15, -0.1) is 0 Å². The highest BCUT2D eigenvalue weighted by atomic mass is 31.2. The number of rotatable bonds is 27. The molecule has 0 aromatic heterocycles. The molecule has 0 radical (unpaired) electrons. The molecule has 288 valence electrons. The van der Waals surface area contributed by atoms with Crippen LogP contribution in [0.15, 0.2) is 48.6 Å². The van der Waals surface area contributed by atoms with Crippen LogP contribution in [0.1, 0.15) is 110 Å². The smallest absolute Gasteiger partial charge is 0.462 e. The van der Waals surface area contributed by atoms with Gasteiger partial charge in [-0.1, -0.05) is 114 Å². The fraction of sp³-hybridized carbons (Fsp3) is 0.722. The normalized spacial score (nSPS) is 24.7. The second-order valence-electron chi connectivity index (χ2n) is 12.4. The molecule has 0 aliphatic heterocycles. The van der Waals surface area contributed by atoms with E-state index in [4.69, 9.17) is 18.5 Å². The van der Waals surface area contributed by atoms with Crippen molar-refractivity contribution in [3.63, 3.8) is 0 Å². The molecule has 14 heteroatoms. The van der Waals surface area contributed by atoms with E-state index in [0.29, 0.717) is 12.8 Å². The Kier molecular flexibility index (Phi) is 25.2. The number of aliphatic hydroxyl groups is 5. The maximum Gasteiger partial charge on any atom is 0.472 e. The number of aliphatic hydroxyl groups excluding tert-OH is 5. The summed E-state index contributed by atoms with van der Waals surface area (Å²) in [6, 6.07) is 0. The van der Waals surface area contributed by atoms with Crippen LogP contribution in [-0.2, 0) is 32.7 Å². The number of ether oxygens (including phenoxy) is 2. The third-order valence-electron chi connectivity index (χ3n) is 8.03. The molecular weight excluding hydrogens is 671 g/mol. The molecule has 13 nitrogen and oxygen atoms in total. The number of hydrogen-bond donors (Lipinski definition) is 6. The van der Waals surface area contributed by atoms with Crippen LogP contribution in [0, 0.1) is 0 Å². The first kappa shape index (κ1) is 45.8. The van der Waals surface area contributed by atoms with Gasteiger partial charge in [0.2, 0.25) is 0 Å². The minimum atomic E-state index is -5.11. The van der Waals surface area contributed by atoms with E-state index >= 15 is 0 Å². The van der Waals surface area contributed by atoms with Crippen molar-refractivity contribution in [3.05, 3.63) is 48.6 Å². The van der Waals surface area contributed by atoms with Crippen LogP contribution >= 0.6 is 7.82 Å². The minimum Gasteiger partial charge on any atom is -0.462 e. The molecule has 1 fully saturated rings. The molecule has 1 aliphatic carbocycles. The van der Waals surface area contributed by atoms with Gasteiger partial charge in [-0.2, -0.15) is 0 Å². The van der Waals surface area contributed by atoms with Crippen LogP contribution in [0.2, 0.25) is 0 Å². The Morgan fingerprint density at radius 1 is 0.640 bits per heavy atom. The molecule has 6 N–H and O–H groups in total. The average molecular weight is 733 g/mol. The van der Waals surface area contributed by atoms with Gasteiger partial charge in [0.05, 0.1) is 6.61 Å². The molecule has 0 amide bonds. The number of unbranched alkanes of at least 4 members (excludes halogenated alkanes) is 10. The standard InChI is InChI=1S/C36H61O13P/c1-3-5-7-9-11-13-14-15-16-17-19-21-23-25-30(38)48-28(26-46-29(37)24-22-20-18-12-10-8-6-4-2)27-47-50(44,45)49-36-34(42)32(40)31(39)33(41)35(36)43/h5,7,9,11,13-16,28,31-36,39-43H,3-4,6,8,10,12,17-27H2,1-2H3,(H,44,45)/b7-5+,11-9+,14-13+,16-15+/t28?,31?,32-,33?,34?,35?,36?/m1/s1. The molecule has 1 saturated carbocycles. The predicted molar refractivity (Wildman–Crippen MR) is 189 cm³/mol. The number of hydrogen-bond acceptors (Lipinski definition) is 12. The first-order valence-electron chi connectivity index (χ1n) is 18.0. The van der Waals surface area contributed by atoms with Crippen LogP contribution in [0.3, 0.4) is 0 Å². The zero-order chi connectivity index (χ0) is 37.2. The SMILES string of the molecule is CC/C=C/C=C/C=C/C=C/CCCCCC(=O)OC(COC(=O)CCCCCCCCCC)COP(=O)(O)OC1C(O)C(O)C(O)[C@@H](O)C1O. The van der Waals surface area contributed by atoms with Gasteiger partial charge in [-0.3, -0.25) is 18.6 Å². The minimum absolute atomic E-state index is 0.0498. The zero-order valence-corrected chi connectivity index (χ0v) is 30.6. The predicted octanol–water partition coefficient (Wildman–Crippen LogP) is 4.88. The summed E-state index contributed by atoms with van der Waals surface area (Å²) in [6.07, 6.45) is 15.1. The molecule has 0 bridgehead atoms. The van der Waals surface area contributed by atoms with Crippen molar-refractivity contribution < 1.29 is 63.1 Å². The van der Waals surface area contributed by atoms with Gasteiger partial charge in [0.25, 0.3) is 0 Å². The van der Waals surface area contributed by atoms with E-state index in [1.165, 1.54) is 19.3 Å². The summed E-state index contributed by atoms with van der Waals surface area (Å²) in [5.74, 6) is -1.16. The number of phosphoric ester groups is 1. The highest BCUT2D eigenvalue weighted by Gasteiger charge is 2.51. The van der Waals surface area contributed by atoms with Gasteiger partial charge in [-0.25, -0.2) is 4.57 Å². The number of carbonyl (C=O) groups is 2. The van der Waals surface area contributed by atoms with Gasteiger partial charge in [0.15, 0.2) is 6.10 Å². The molecule has 7 unspecified atom stereocenters. The second kappa shape index (κ2) is 27.5. The zero-order valence-electron chi connectivity index (χ0n) is 29.7. The molecule has 0 saturated heterocycles. The lowest BCUT2D eigenvalue weighted by Crippen LogP contribution is -2.64. The Hall–Kier alpha value is -2.19. The van der Waals surface area contributed by atoms with E-state index in [1.807, 2.05) is 42.5 Å². The summed E-state index contributed by atoms with van der Waals surface area (Å²) in [7, 11) is -5.11. The molecule has 0 heterocycles. The van der Waals surface area contributed by atoms with Gasteiger partial charge in [0.1, 0.15) is 43.2 Å². The molecule has 0 aromatic carbocycles. The first-order valence-corrected chi connectivity index (χ1v) is 19.5. The van der Waals surface area contributed by atoms with E-state index in [1.54, 1.807) is 0 Å². The Labute approximate surface area is 297 Å². The fourth-order valence-corrected chi connectivity index (χ4v) is 6.03. The lowest BCUT2D eigenvalue weighted by Gasteiger charge is -2.41. The monoisotopic (exact) mass is 732 g/mol. The Morgan fingerprint density at radius 2 is 1.14 bits per heavy atom. The van der Waals surface area contributed by atoms with Gasteiger partial charge >= 0.3 is 19.8 Å². The van der Waals surface area contributed by atoms with E-state index in [-0.39, 0.29) is 12.8 Å². The highest BCUT2D eigenvalue weighted by molar-refractivity contribution is 7.47. The van der Waals surface area contributed by atoms with Crippen molar-refractivity contribution in [2.24, 2.45) is 0 Å². The second-order valence-corrected chi connectivity index (χ2v) is 13.8. The molecule has 1 rings (SSSR count). The topological polar surface area (TPSA) is 210 Å². The Bertz CT molecular complexity index is 1080. The molecular formula is C36H61O13P. The van der Waals surface area contributed by atoms with Crippen LogP contribution in [0.4, 0.5) is 0 Å². The van der Waals surface area contributed by atoms with Crippen LogP contribution in [-0.4, -0.2) is 98.3 Å². The summed E-state index contributed by atoms with van der Waals surface area (Å²) in [6.45, 7) is 3.02. The third-order valence-corrected chi connectivity index (χ3v) is 9.01. The number of allylic oxidation sites excluding steroid dienone is 8. The van der Waals surface area contributed by atoms with Crippen molar-refractivity contribution >= 4 is 19.8 Å². The quantitative estimate of drug-likeness (QED) is 0.0288. The Balaban J connectivity index is 2.62. The van der Waals surface area contributed by atoms with Crippen molar-refractivity contribution in [3.8, 4) is 0 Å². The van der Waals surface area contributed by atoms with E-state index in [9.17, 15) is 44.6 Å². The maximum absolute atomic E-state index is 12.7. The largest absolute Gasteiger partial charge is 0.472 e. The molecule has 8 atom stereocenters. The summed E-state index contributed by atoms with van der Waals surface area (Å²) in [5, 5.41) is 49.8. The summed E-state index contributed by atoms with van der Waals surface area (Å²) >= 11 is 0. The average Bonchev–Trinajstić information content (AvgIpc) is 3.09. The molecule has 0 aromatic rings. The van der Waals surface area contributed by atoms with E-state index < -0.39 is 75.7 Å². The Morgan fingerprint density at radius 3 is 1.74 bits per heavy atom. The van der Waals surface area contributed by atoms with Crippen LogP contribution < -0.4 is 0 Å². The molecule has 0 spiro atoms. The highest BCUT2D eigenvalue weighted by Crippen LogP contribution is 2.47. The van der Waals surface area contributed by atoms with Gasteiger partial charge in [-0.05, 0) is 32.1 Å². The van der Waals surface area contributed by atoms with Crippen molar-refractivity contribution in [2.75, 3.05) is 13.2 Å². The molecule has 50 heavy (non-hydrogen) atoms. The van der Waals surface area contributed by atoms with E-state index in [2.05, 4.69) is 19.9 Å². The van der Waals surface area contributed by atoms with Crippen molar-refractivity contribution in [2.45, 2.75) is 153 Å². The third kappa shape index (κ3) is 20.6. The van der Waals surface area contributed by atoms with Crippen molar-refractivity contribution in [1.82, 2.24) is 0 Å². The molecule has 1 aliphatic rings. The summed E-state index contributed by atoms with van der Waals surface area (Å²) in [5.41, 5.74) is 0. The number of carbonyl (C=O) groups excluding carboxylic acids is 2. The lowest BCUT2D eigenvalue weighted by molar-refractivity contribution is -0.220. The summed E-state index contributed by atoms with van der Waals surface area (Å²) in [4.78, 5) is 35.2. The van der Waals surface area contributed by atoms with E-state index in [0.717, 1.165) is 51.4 Å². The number of esters is 2. The summed E-state index contributed by atoms with van der Waals surface area (Å²) < 4.78 is 33.1. The van der Waals surface area contributed by atoms with Crippen molar-refractivity contribution in [1.29, 1.82) is 0 Å². The fourth-order valence-electron chi connectivity index (χ4n) is 5.06. The lowest BCUT2D eigenvalue weighted by atomic mass is 9.85. The van der Waals surface area contributed by atoms with Crippen LogP contribution in [0.5, 0.6) is 0 Å². The maximum atomic E-state index is 12.7. The number of phosphoric acid groups is 1. The van der Waals surface area contributed by atoms with Crippen LogP contribution in [0.25, 0.3) is 0 Å². The van der Waals surface area contributed by atoms with Gasteiger partial charge in [0, 0.05) is 12.8 Å². The van der Waals surface area contributed by atoms with Gasteiger partial charge < -0.3 is 39.9 Å². The first-order chi connectivity index (χ1) is 23.9.